The van der Waals surface area contributed by atoms with Crippen LogP contribution in [0.2, 0.25) is 0 Å². The Morgan fingerprint density at radius 1 is 0.935 bits per heavy atom. The Bertz CT molecular complexity index is 1240. The molecule has 1 aliphatic carbocycles. The SMILES string of the molecule is OCCc1ccccc1Nc1ncc2c(n1)-c1ccccc1C(c1ccccc1F)C2. The highest BCUT2D eigenvalue weighted by Crippen LogP contribution is 2.42. The molecule has 4 nitrogen and oxygen atoms in total. The Hall–Kier alpha value is -3.57. The van der Waals surface area contributed by atoms with Crippen molar-refractivity contribution in [2.75, 3.05) is 11.9 Å². The summed E-state index contributed by atoms with van der Waals surface area (Å²) in [6.07, 6.45) is 3.04. The lowest BCUT2D eigenvalue weighted by atomic mass is 9.78. The lowest BCUT2D eigenvalue weighted by Gasteiger charge is -2.27. The second kappa shape index (κ2) is 8.28. The van der Waals surface area contributed by atoms with Gasteiger partial charge in [-0.15, -0.1) is 0 Å². The molecule has 154 valence electrons. The first-order valence-electron chi connectivity index (χ1n) is 10.4. The van der Waals surface area contributed by atoms with Crippen LogP contribution >= 0.6 is 0 Å². The average Bonchev–Trinajstić information content (AvgIpc) is 2.81. The molecule has 31 heavy (non-hydrogen) atoms. The van der Waals surface area contributed by atoms with Crippen molar-refractivity contribution in [3.05, 3.63) is 107 Å². The molecule has 3 aromatic carbocycles. The summed E-state index contributed by atoms with van der Waals surface area (Å²) in [6, 6.07) is 22.9. The van der Waals surface area contributed by atoms with Crippen LogP contribution in [0.25, 0.3) is 11.3 Å². The summed E-state index contributed by atoms with van der Waals surface area (Å²) in [5.41, 5.74) is 6.54. The van der Waals surface area contributed by atoms with E-state index in [4.69, 9.17) is 4.98 Å². The summed E-state index contributed by atoms with van der Waals surface area (Å²) in [7, 11) is 0. The maximum Gasteiger partial charge on any atom is 0.227 e. The Balaban J connectivity index is 1.54. The molecule has 0 saturated carbocycles. The zero-order chi connectivity index (χ0) is 21.2. The van der Waals surface area contributed by atoms with Gasteiger partial charge in [0, 0.05) is 30.0 Å². The second-order valence-corrected chi connectivity index (χ2v) is 7.69. The zero-order valence-corrected chi connectivity index (χ0v) is 16.9. The van der Waals surface area contributed by atoms with Crippen LogP contribution in [-0.4, -0.2) is 21.7 Å². The summed E-state index contributed by atoms with van der Waals surface area (Å²) >= 11 is 0. The molecule has 0 aliphatic heterocycles. The van der Waals surface area contributed by atoms with Crippen molar-refractivity contribution in [3.63, 3.8) is 0 Å². The van der Waals surface area contributed by atoms with Gasteiger partial charge < -0.3 is 10.4 Å². The van der Waals surface area contributed by atoms with Crippen LogP contribution in [0.5, 0.6) is 0 Å². The minimum atomic E-state index is -0.189. The van der Waals surface area contributed by atoms with E-state index in [0.717, 1.165) is 33.6 Å². The van der Waals surface area contributed by atoms with E-state index in [0.29, 0.717) is 24.4 Å². The molecule has 0 bridgehead atoms. The summed E-state index contributed by atoms with van der Waals surface area (Å²) in [6.45, 7) is 0.0779. The molecule has 0 spiro atoms. The van der Waals surface area contributed by atoms with Crippen LogP contribution in [0.4, 0.5) is 16.0 Å². The maximum absolute atomic E-state index is 14.6. The Morgan fingerprint density at radius 3 is 2.52 bits per heavy atom. The summed E-state index contributed by atoms with van der Waals surface area (Å²) in [4.78, 5) is 9.36. The molecule has 4 aromatic rings. The molecule has 1 atom stereocenters. The molecule has 0 fully saturated rings. The van der Waals surface area contributed by atoms with E-state index in [1.165, 1.54) is 6.07 Å². The van der Waals surface area contributed by atoms with E-state index >= 15 is 0 Å². The molecule has 5 rings (SSSR count). The first-order chi connectivity index (χ1) is 15.2. The number of para-hydroxylation sites is 1. The molecule has 1 heterocycles. The van der Waals surface area contributed by atoms with E-state index in [2.05, 4.69) is 16.4 Å². The molecule has 0 radical (unpaired) electrons. The molecule has 2 N–H and O–H groups in total. The number of hydrogen-bond acceptors (Lipinski definition) is 4. The Kier molecular flexibility index (Phi) is 5.18. The number of halogens is 1. The quantitative estimate of drug-likeness (QED) is 0.471. The van der Waals surface area contributed by atoms with Crippen LogP contribution in [-0.2, 0) is 12.8 Å². The molecule has 5 heteroatoms. The lowest BCUT2D eigenvalue weighted by Crippen LogP contribution is -2.16. The topological polar surface area (TPSA) is 58.0 Å². The van der Waals surface area contributed by atoms with Gasteiger partial charge in [0.25, 0.3) is 0 Å². The van der Waals surface area contributed by atoms with Gasteiger partial charge in [0.05, 0.1) is 5.69 Å². The standard InChI is InChI=1S/C26H22FN3O/c27-23-11-5-4-9-20(23)22-15-18-16-28-26(29-24-12-6-1-7-17(24)13-14-31)30-25(18)21-10-3-2-8-19(21)22/h1-12,16,22,31H,13-15H2,(H,28,29,30). The van der Waals surface area contributed by atoms with Gasteiger partial charge in [0.15, 0.2) is 0 Å². The van der Waals surface area contributed by atoms with E-state index < -0.39 is 0 Å². The minimum Gasteiger partial charge on any atom is -0.396 e. The van der Waals surface area contributed by atoms with Gasteiger partial charge in [-0.1, -0.05) is 60.7 Å². The molecular weight excluding hydrogens is 389 g/mol. The van der Waals surface area contributed by atoms with Crippen molar-refractivity contribution in [3.8, 4) is 11.3 Å². The van der Waals surface area contributed by atoms with E-state index in [9.17, 15) is 9.50 Å². The van der Waals surface area contributed by atoms with Crippen LogP contribution in [0.1, 0.15) is 28.2 Å². The fourth-order valence-electron chi connectivity index (χ4n) is 4.33. The number of anilines is 2. The highest BCUT2D eigenvalue weighted by molar-refractivity contribution is 5.73. The van der Waals surface area contributed by atoms with E-state index in [-0.39, 0.29) is 18.3 Å². The van der Waals surface area contributed by atoms with Gasteiger partial charge in [0.2, 0.25) is 5.95 Å². The van der Waals surface area contributed by atoms with E-state index in [1.54, 1.807) is 6.07 Å². The molecule has 1 unspecified atom stereocenters. The number of rotatable bonds is 5. The largest absolute Gasteiger partial charge is 0.396 e. The number of benzene rings is 3. The third kappa shape index (κ3) is 3.68. The van der Waals surface area contributed by atoms with Gasteiger partial charge in [-0.25, -0.2) is 14.4 Å². The third-order valence-corrected chi connectivity index (χ3v) is 5.81. The van der Waals surface area contributed by atoms with Crippen LogP contribution < -0.4 is 5.32 Å². The third-order valence-electron chi connectivity index (χ3n) is 5.81. The number of aromatic nitrogens is 2. The molecule has 1 aliphatic rings. The van der Waals surface area contributed by atoms with Crippen molar-refractivity contribution in [2.45, 2.75) is 18.8 Å². The molecule has 0 saturated heterocycles. The second-order valence-electron chi connectivity index (χ2n) is 7.69. The average molecular weight is 411 g/mol. The minimum absolute atomic E-state index is 0.0717. The van der Waals surface area contributed by atoms with Crippen molar-refractivity contribution < 1.29 is 9.50 Å². The fourth-order valence-corrected chi connectivity index (χ4v) is 4.33. The van der Waals surface area contributed by atoms with Gasteiger partial charge in [0.1, 0.15) is 5.82 Å². The first kappa shape index (κ1) is 19.4. The van der Waals surface area contributed by atoms with Crippen LogP contribution in [0.3, 0.4) is 0 Å². The molecule has 0 amide bonds. The number of nitrogens with zero attached hydrogens (tertiary/aromatic N) is 2. The van der Waals surface area contributed by atoms with Crippen molar-refractivity contribution in [1.29, 1.82) is 0 Å². The summed E-state index contributed by atoms with van der Waals surface area (Å²) < 4.78 is 14.6. The van der Waals surface area contributed by atoms with E-state index in [1.807, 2.05) is 60.8 Å². The number of aliphatic hydroxyl groups excluding tert-OH is 1. The Labute approximate surface area is 180 Å². The van der Waals surface area contributed by atoms with Gasteiger partial charge in [-0.2, -0.15) is 0 Å². The zero-order valence-electron chi connectivity index (χ0n) is 16.9. The number of fused-ring (bicyclic) bond motifs is 3. The molecule has 1 aromatic heterocycles. The van der Waals surface area contributed by atoms with Gasteiger partial charge >= 0.3 is 0 Å². The van der Waals surface area contributed by atoms with Crippen molar-refractivity contribution >= 4 is 11.6 Å². The number of nitrogens with one attached hydrogen (secondary N) is 1. The summed E-state index contributed by atoms with van der Waals surface area (Å²) in [5.74, 6) is 0.242. The van der Waals surface area contributed by atoms with Gasteiger partial charge in [-0.3, -0.25) is 0 Å². The molecular formula is C26H22FN3O. The maximum atomic E-state index is 14.6. The Morgan fingerprint density at radius 2 is 1.68 bits per heavy atom. The lowest BCUT2D eigenvalue weighted by molar-refractivity contribution is 0.300. The number of hydrogen-bond donors (Lipinski definition) is 2. The van der Waals surface area contributed by atoms with Gasteiger partial charge in [-0.05, 0) is 47.2 Å². The predicted octanol–water partition coefficient (Wildman–Crippen LogP) is 5.25. The fraction of sp³-hybridized carbons (Fsp3) is 0.154. The first-order valence-corrected chi connectivity index (χ1v) is 10.4. The van der Waals surface area contributed by atoms with Crippen molar-refractivity contribution in [2.24, 2.45) is 0 Å². The highest BCUT2D eigenvalue weighted by Gasteiger charge is 2.28. The van der Waals surface area contributed by atoms with Crippen LogP contribution in [0, 0.1) is 5.82 Å². The smallest absolute Gasteiger partial charge is 0.227 e. The number of aliphatic hydroxyl groups is 1. The summed E-state index contributed by atoms with van der Waals surface area (Å²) in [5, 5.41) is 12.6. The monoisotopic (exact) mass is 411 g/mol. The highest BCUT2D eigenvalue weighted by atomic mass is 19.1. The van der Waals surface area contributed by atoms with Crippen molar-refractivity contribution in [1.82, 2.24) is 9.97 Å². The normalized spacial score (nSPS) is 14.6. The van der Waals surface area contributed by atoms with Crippen LogP contribution in [0.15, 0.2) is 79.0 Å². The predicted molar refractivity (Wildman–Crippen MR) is 120 cm³/mol.